The molecule has 4 nitrogen and oxygen atoms in total. The van der Waals surface area contributed by atoms with Crippen LogP contribution >= 0.6 is 0 Å². The van der Waals surface area contributed by atoms with Crippen LogP contribution in [0.2, 0.25) is 0 Å². The number of hydrogen-bond acceptors (Lipinski definition) is 4. The number of carbonyl (C=O) groups is 1. The summed E-state index contributed by atoms with van der Waals surface area (Å²) in [6.07, 6.45) is 5.99. The Labute approximate surface area is 123 Å². The minimum Gasteiger partial charge on any atom is -0.465 e. The van der Waals surface area contributed by atoms with E-state index in [1.54, 1.807) is 0 Å². The van der Waals surface area contributed by atoms with Crippen molar-refractivity contribution in [3.8, 4) is 0 Å². The number of hydrogen-bond donors (Lipinski definition) is 1. The Bertz CT molecular complexity index is 293. The van der Waals surface area contributed by atoms with Crippen molar-refractivity contribution in [2.24, 2.45) is 11.8 Å². The first-order valence-electron chi connectivity index (χ1n) is 8.33. The van der Waals surface area contributed by atoms with Gasteiger partial charge in [0.1, 0.15) is 6.04 Å². The zero-order valence-corrected chi connectivity index (χ0v) is 13.1. The third-order valence-corrected chi connectivity index (χ3v) is 4.80. The summed E-state index contributed by atoms with van der Waals surface area (Å²) < 4.78 is 5.38. The minimum atomic E-state index is -0.0117. The Kier molecular flexibility index (Phi) is 6.30. The third-order valence-electron chi connectivity index (χ3n) is 4.80. The van der Waals surface area contributed by atoms with Gasteiger partial charge in [0.15, 0.2) is 0 Å². The van der Waals surface area contributed by atoms with E-state index in [1.165, 1.54) is 25.7 Å². The molecular formula is C16H30N2O2. The first-order chi connectivity index (χ1) is 9.72. The van der Waals surface area contributed by atoms with Crippen molar-refractivity contribution >= 4 is 5.97 Å². The summed E-state index contributed by atoms with van der Waals surface area (Å²) in [5, 5.41) is 3.42. The summed E-state index contributed by atoms with van der Waals surface area (Å²) >= 11 is 0. The van der Waals surface area contributed by atoms with E-state index in [0.717, 1.165) is 38.5 Å². The summed E-state index contributed by atoms with van der Waals surface area (Å²) in [6, 6.07) is -0.0117. The molecule has 1 saturated carbocycles. The predicted molar refractivity (Wildman–Crippen MR) is 80.6 cm³/mol. The highest BCUT2D eigenvalue weighted by atomic mass is 16.5. The molecule has 0 amide bonds. The zero-order valence-electron chi connectivity index (χ0n) is 13.1. The van der Waals surface area contributed by atoms with Crippen molar-refractivity contribution in [1.82, 2.24) is 10.2 Å². The summed E-state index contributed by atoms with van der Waals surface area (Å²) in [7, 11) is 0. The summed E-state index contributed by atoms with van der Waals surface area (Å²) in [5.41, 5.74) is 0. The van der Waals surface area contributed by atoms with Gasteiger partial charge in [0.25, 0.3) is 0 Å². The lowest BCUT2D eigenvalue weighted by Gasteiger charge is -2.37. The second kappa shape index (κ2) is 7.99. The van der Waals surface area contributed by atoms with Crippen LogP contribution < -0.4 is 5.32 Å². The van der Waals surface area contributed by atoms with Gasteiger partial charge in [-0.25, -0.2) is 0 Å². The monoisotopic (exact) mass is 282 g/mol. The standard InChI is InChI=1S/C16H30N2O2/c1-3-20-16(19)15(14-7-5-13(2)6-8-14)18-11-4-9-17-10-12-18/h13-15,17H,3-12H2,1-2H3. The van der Waals surface area contributed by atoms with Gasteiger partial charge in [-0.05, 0) is 44.6 Å². The Hall–Kier alpha value is -0.610. The van der Waals surface area contributed by atoms with E-state index in [2.05, 4.69) is 17.1 Å². The van der Waals surface area contributed by atoms with Crippen molar-refractivity contribution in [3.63, 3.8) is 0 Å². The number of nitrogens with zero attached hydrogens (tertiary/aromatic N) is 1. The average Bonchev–Trinajstić information content (AvgIpc) is 2.71. The van der Waals surface area contributed by atoms with Gasteiger partial charge < -0.3 is 10.1 Å². The van der Waals surface area contributed by atoms with Gasteiger partial charge in [-0.3, -0.25) is 9.69 Å². The van der Waals surface area contributed by atoms with E-state index in [0.29, 0.717) is 12.5 Å². The second-order valence-corrected chi connectivity index (χ2v) is 6.36. The first kappa shape index (κ1) is 15.8. The first-order valence-corrected chi connectivity index (χ1v) is 8.33. The fraction of sp³-hybridized carbons (Fsp3) is 0.938. The number of nitrogens with one attached hydrogen (secondary N) is 1. The molecule has 1 saturated heterocycles. The molecule has 116 valence electrons. The molecule has 4 heteroatoms. The Balaban J connectivity index is 2.04. The van der Waals surface area contributed by atoms with Crippen molar-refractivity contribution in [2.45, 2.75) is 52.0 Å². The lowest BCUT2D eigenvalue weighted by atomic mass is 9.78. The van der Waals surface area contributed by atoms with Gasteiger partial charge in [-0.1, -0.05) is 19.8 Å². The fourth-order valence-corrected chi connectivity index (χ4v) is 3.61. The van der Waals surface area contributed by atoms with Gasteiger partial charge in [-0.15, -0.1) is 0 Å². The maximum absolute atomic E-state index is 12.5. The number of rotatable bonds is 4. The third kappa shape index (κ3) is 4.19. The molecule has 1 heterocycles. The van der Waals surface area contributed by atoms with Crippen LogP contribution in [0.1, 0.15) is 46.0 Å². The van der Waals surface area contributed by atoms with E-state index in [1.807, 2.05) is 6.92 Å². The molecule has 2 fully saturated rings. The maximum atomic E-state index is 12.5. The van der Waals surface area contributed by atoms with Crippen LogP contribution in [0.4, 0.5) is 0 Å². The van der Waals surface area contributed by atoms with Gasteiger partial charge in [-0.2, -0.15) is 0 Å². The van der Waals surface area contributed by atoms with E-state index >= 15 is 0 Å². The van der Waals surface area contributed by atoms with Crippen LogP contribution in [-0.4, -0.2) is 49.7 Å². The van der Waals surface area contributed by atoms with Gasteiger partial charge in [0, 0.05) is 19.6 Å². The van der Waals surface area contributed by atoms with E-state index < -0.39 is 0 Å². The number of esters is 1. The van der Waals surface area contributed by atoms with Crippen molar-refractivity contribution < 1.29 is 9.53 Å². The van der Waals surface area contributed by atoms with Crippen LogP contribution in [0.3, 0.4) is 0 Å². The summed E-state index contributed by atoms with van der Waals surface area (Å²) in [4.78, 5) is 14.8. The van der Waals surface area contributed by atoms with Crippen LogP contribution in [0.25, 0.3) is 0 Å². The molecule has 2 rings (SSSR count). The highest BCUT2D eigenvalue weighted by Gasteiger charge is 2.36. The molecule has 1 N–H and O–H groups in total. The van der Waals surface area contributed by atoms with Gasteiger partial charge in [0.2, 0.25) is 0 Å². The van der Waals surface area contributed by atoms with Crippen LogP contribution in [-0.2, 0) is 9.53 Å². The molecule has 0 aromatic rings. The molecule has 1 atom stereocenters. The quantitative estimate of drug-likeness (QED) is 0.801. The lowest BCUT2D eigenvalue weighted by molar-refractivity contribution is -0.152. The van der Waals surface area contributed by atoms with Gasteiger partial charge >= 0.3 is 5.97 Å². The molecule has 0 aromatic carbocycles. The molecule has 0 spiro atoms. The molecule has 0 bridgehead atoms. The minimum absolute atomic E-state index is 0.00829. The topological polar surface area (TPSA) is 41.6 Å². The predicted octanol–water partition coefficient (Wildman–Crippen LogP) is 2.04. The number of ether oxygens (including phenoxy) is 1. The average molecular weight is 282 g/mol. The van der Waals surface area contributed by atoms with Gasteiger partial charge in [0.05, 0.1) is 6.61 Å². The van der Waals surface area contributed by atoms with Crippen LogP contribution in [0, 0.1) is 11.8 Å². The molecule has 20 heavy (non-hydrogen) atoms. The summed E-state index contributed by atoms with van der Waals surface area (Å²) in [6.45, 7) is 8.75. The fourth-order valence-electron chi connectivity index (χ4n) is 3.61. The highest BCUT2D eigenvalue weighted by molar-refractivity contribution is 5.76. The Morgan fingerprint density at radius 2 is 2.00 bits per heavy atom. The van der Waals surface area contributed by atoms with Crippen LogP contribution in [0.5, 0.6) is 0 Å². The van der Waals surface area contributed by atoms with E-state index in [4.69, 9.17) is 4.74 Å². The molecule has 2 aliphatic rings. The molecule has 0 aromatic heterocycles. The Morgan fingerprint density at radius 3 is 2.70 bits per heavy atom. The second-order valence-electron chi connectivity index (χ2n) is 6.36. The highest BCUT2D eigenvalue weighted by Crippen LogP contribution is 2.33. The molecule has 1 unspecified atom stereocenters. The largest absolute Gasteiger partial charge is 0.465 e. The Morgan fingerprint density at radius 1 is 1.25 bits per heavy atom. The van der Waals surface area contributed by atoms with E-state index in [9.17, 15) is 4.79 Å². The lowest BCUT2D eigenvalue weighted by Crippen LogP contribution is -2.49. The molecule has 0 radical (unpaired) electrons. The summed E-state index contributed by atoms with van der Waals surface area (Å²) in [5.74, 6) is 1.32. The smallest absolute Gasteiger partial charge is 0.323 e. The van der Waals surface area contributed by atoms with Crippen molar-refractivity contribution in [1.29, 1.82) is 0 Å². The van der Waals surface area contributed by atoms with Crippen LogP contribution in [0.15, 0.2) is 0 Å². The van der Waals surface area contributed by atoms with Crippen molar-refractivity contribution in [2.75, 3.05) is 32.8 Å². The molecule has 1 aliphatic carbocycles. The van der Waals surface area contributed by atoms with Crippen molar-refractivity contribution in [3.05, 3.63) is 0 Å². The molecule has 1 aliphatic heterocycles. The normalized spacial score (nSPS) is 30.5. The maximum Gasteiger partial charge on any atom is 0.323 e. The van der Waals surface area contributed by atoms with E-state index in [-0.39, 0.29) is 12.0 Å². The SMILES string of the molecule is CCOC(=O)C(C1CCC(C)CC1)N1CCCNCC1. The number of carbonyl (C=O) groups excluding carboxylic acids is 1. The zero-order chi connectivity index (χ0) is 14.4. The molecular weight excluding hydrogens is 252 g/mol.